The van der Waals surface area contributed by atoms with Crippen LogP contribution in [0.25, 0.3) is 0 Å². The van der Waals surface area contributed by atoms with Gasteiger partial charge in [-0.15, -0.1) is 0 Å². The normalized spacial score (nSPS) is 27.9. The molecule has 0 aliphatic heterocycles. The first-order chi connectivity index (χ1) is 7.72. The highest BCUT2D eigenvalue weighted by molar-refractivity contribution is 7.08. The summed E-state index contributed by atoms with van der Waals surface area (Å²) in [5.74, 6) is 1.41. The molecule has 1 saturated carbocycles. The lowest BCUT2D eigenvalue weighted by Crippen LogP contribution is -2.20. The van der Waals surface area contributed by atoms with E-state index in [1.165, 1.54) is 43.2 Å². The van der Waals surface area contributed by atoms with Crippen LogP contribution in [0.15, 0.2) is 10.8 Å². The summed E-state index contributed by atoms with van der Waals surface area (Å²) in [6.45, 7) is 4.39. The molecule has 0 spiro atoms. The van der Waals surface area contributed by atoms with Crippen LogP contribution in [-0.4, -0.2) is 5.11 Å². The topological polar surface area (TPSA) is 20.2 Å². The van der Waals surface area contributed by atoms with Gasteiger partial charge in [0.25, 0.3) is 0 Å². The Morgan fingerprint density at radius 3 is 2.50 bits per heavy atom. The number of aliphatic hydroxyl groups excluding tert-OH is 1. The zero-order chi connectivity index (χ0) is 11.5. The van der Waals surface area contributed by atoms with E-state index in [1.54, 1.807) is 11.3 Å². The molecule has 1 aliphatic carbocycles. The highest BCUT2D eigenvalue weighted by Crippen LogP contribution is 2.39. The Hall–Kier alpha value is -0.340. The highest BCUT2D eigenvalue weighted by atomic mass is 32.1. The van der Waals surface area contributed by atoms with E-state index in [2.05, 4.69) is 24.6 Å². The van der Waals surface area contributed by atoms with E-state index in [0.29, 0.717) is 5.92 Å². The standard InChI is InChI=1S/C14H22OS/c1-3-11-4-6-12(7-5-11)14(15)13-9-16-8-10(13)2/h8-9,11-12,14-15H,3-7H2,1-2H3. The van der Waals surface area contributed by atoms with Crippen molar-refractivity contribution in [1.29, 1.82) is 0 Å². The van der Waals surface area contributed by atoms with Gasteiger partial charge in [0, 0.05) is 0 Å². The predicted molar refractivity (Wildman–Crippen MR) is 69.8 cm³/mol. The van der Waals surface area contributed by atoms with E-state index in [4.69, 9.17) is 0 Å². The van der Waals surface area contributed by atoms with Gasteiger partial charge in [-0.3, -0.25) is 0 Å². The number of hydrogen-bond acceptors (Lipinski definition) is 2. The minimum Gasteiger partial charge on any atom is -0.388 e. The third kappa shape index (κ3) is 2.49. The summed E-state index contributed by atoms with van der Waals surface area (Å²) in [7, 11) is 0. The zero-order valence-electron chi connectivity index (χ0n) is 10.3. The molecule has 0 amide bonds. The summed E-state index contributed by atoms with van der Waals surface area (Å²) in [5, 5.41) is 14.6. The molecule has 2 heteroatoms. The van der Waals surface area contributed by atoms with Crippen molar-refractivity contribution in [3.8, 4) is 0 Å². The van der Waals surface area contributed by atoms with Crippen molar-refractivity contribution in [1.82, 2.24) is 0 Å². The maximum absolute atomic E-state index is 10.4. The molecular formula is C14H22OS. The number of aliphatic hydroxyl groups is 1. The van der Waals surface area contributed by atoms with E-state index in [0.717, 1.165) is 5.92 Å². The molecule has 90 valence electrons. The van der Waals surface area contributed by atoms with Crippen LogP contribution in [0.5, 0.6) is 0 Å². The van der Waals surface area contributed by atoms with Gasteiger partial charge in [-0.1, -0.05) is 26.2 Å². The monoisotopic (exact) mass is 238 g/mol. The van der Waals surface area contributed by atoms with Crippen LogP contribution >= 0.6 is 11.3 Å². The lowest BCUT2D eigenvalue weighted by atomic mass is 9.77. The predicted octanol–water partition coefficient (Wildman–Crippen LogP) is 4.31. The molecule has 1 aromatic rings. The second-order valence-corrected chi connectivity index (χ2v) is 5.89. The molecule has 1 N–H and O–H groups in total. The Morgan fingerprint density at radius 2 is 2.00 bits per heavy atom. The van der Waals surface area contributed by atoms with E-state index >= 15 is 0 Å². The molecule has 0 radical (unpaired) electrons. The van der Waals surface area contributed by atoms with Gasteiger partial charge in [0.2, 0.25) is 0 Å². The molecule has 1 fully saturated rings. The van der Waals surface area contributed by atoms with Crippen LogP contribution in [0.2, 0.25) is 0 Å². The SMILES string of the molecule is CCC1CCC(C(O)c2cscc2C)CC1. The maximum Gasteiger partial charge on any atom is 0.0828 e. The smallest absolute Gasteiger partial charge is 0.0828 e. The molecule has 1 heterocycles. The van der Waals surface area contributed by atoms with Gasteiger partial charge in [-0.05, 0) is 53.5 Å². The average Bonchev–Trinajstić information content (AvgIpc) is 2.75. The number of rotatable bonds is 3. The Balaban J connectivity index is 1.97. The molecule has 1 atom stereocenters. The summed E-state index contributed by atoms with van der Waals surface area (Å²) in [6, 6.07) is 0. The van der Waals surface area contributed by atoms with Gasteiger partial charge in [0.05, 0.1) is 6.10 Å². The van der Waals surface area contributed by atoms with Gasteiger partial charge in [-0.2, -0.15) is 11.3 Å². The minimum absolute atomic E-state index is 0.218. The van der Waals surface area contributed by atoms with Crippen LogP contribution < -0.4 is 0 Å². The summed E-state index contributed by atoms with van der Waals surface area (Å²) in [6.07, 6.45) is 6.11. The molecule has 0 aromatic carbocycles. The highest BCUT2D eigenvalue weighted by Gasteiger charge is 2.27. The quantitative estimate of drug-likeness (QED) is 0.832. The van der Waals surface area contributed by atoms with E-state index < -0.39 is 0 Å². The Kier molecular flexibility index (Phi) is 4.04. The Morgan fingerprint density at radius 1 is 1.31 bits per heavy atom. The van der Waals surface area contributed by atoms with Crippen molar-refractivity contribution in [2.75, 3.05) is 0 Å². The molecule has 16 heavy (non-hydrogen) atoms. The second kappa shape index (κ2) is 5.33. The molecule has 1 aromatic heterocycles. The first-order valence-electron chi connectivity index (χ1n) is 6.43. The van der Waals surface area contributed by atoms with Crippen LogP contribution in [0.3, 0.4) is 0 Å². The van der Waals surface area contributed by atoms with E-state index in [9.17, 15) is 5.11 Å². The Labute approximate surface area is 103 Å². The second-order valence-electron chi connectivity index (χ2n) is 5.14. The van der Waals surface area contributed by atoms with Crippen LogP contribution in [0.1, 0.15) is 56.3 Å². The molecule has 0 bridgehead atoms. The van der Waals surface area contributed by atoms with Gasteiger partial charge in [-0.25, -0.2) is 0 Å². The lowest BCUT2D eigenvalue weighted by Gasteiger charge is -2.31. The van der Waals surface area contributed by atoms with Crippen molar-refractivity contribution >= 4 is 11.3 Å². The number of hydrogen-bond donors (Lipinski definition) is 1. The summed E-state index contributed by atoms with van der Waals surface area (Å²) >= 11 is 1.70. The summed E-state index contributed by atoms with van der Waals surface area (Å²) in [4.78, 5) is 0. The largest absolute Gasteiger partial charge is 0.388 e. The van der Waals surface area contributed by atoms with Crippen LogP contribution in [-0.2, 0) is 0 Å². The molecule has 0 saturated heterocycles. The molecule has 1 nitrogen and oxygen atoms in total. The zero-order valence-corrected chi connectivity index (χ0v) is 11.1. The van der Waals surface area contributed by atoms with Crippen molar-refractivity contribution in [2.24, 2.45) is 11.8 Å². The average molecular weight is 238 g/mol. The van der Waals surface area contributed by atoms with Crippen molar-refractivity contribution < 1.29 is 5.11 Å². The number of aryl methyl sites for hydroxylation is 1. The fourth-order valence-electron chi connectivity index (χ4n) is 2.84. The Bertz CT molecular complexity index is 323. The van der Waals surface area contributed by atoms with E-state index in [1.807, 2.05) is 0 Å². The maximum atomic E-state index is 10.4. The van der Waals surface area contributed by atoms with Crippen molar-refractivity contribution in [3.63, 3.8) is 0 Å². The van der Waals surface area contributed by atoms with Crippen molar-refractivity contribution in [2.45, 2.75) is 52.1 Å². The van der Waals surface area contributed by atoms with Gasteiger partial charge >= 0.3 is 0 Å². The molecular weight excluding hydrogens is 216 g/mol. The van der Waals surface area contributed by atoms with Gasteiger partial charge in [0.1, 0.15) is 0 Å². The first-order valence-corrected chi connectivity index (χ1v) is 7.37. The molecule has 2 rings (SSSR count). The molecule has 1 aliphatic rings. The van der Waals surface area contributed by atoms with Crippen molar-refractivity contribution in [3.05, 3.63) is 21.9 Å². The lowest BCUT2D eigenvalue weighted by molar-refractivity contribution is 0.0728. The van der Waals surface area contributed by atoms with E-state index in [-0.39, 0.29) is 6.10 Å². The minimum atomic E-state index is -0.218. The third-order valence-corrected chi connectivity index (χ3v) is 5.01. The summed E-state index contributed by atoms with van der Waals surface area (Å²) in [5.41, 5.74) is 2.43. The number of thiophene rings is 1. The third-order valence-electron chi connectivity index (χ3n) is 4.13. The molecule has 1 unspecified atom stereocenters. The summed E-state index contributed by atoms with van der Waals surface area (Å²) < 4.78 is 0. The first kappa shape index (κ1) is 12.1. The fraction of sp³-hybridized carbons (Fsp3) is 0.714. The van der Waals surface area contributed by atoms with Gasteiger partial charge < -0.3 is 5.11 Å². The van der Waals surface area contributed by atoms with Gasteiger partial charge in [0.15, 0.2) is 0 Å². The van der Waals surface area contributed by atoms with Crippen LogP contribution in [0, 0.1) is 18.8 Å². The van der Waals surface area contributed by atoms with Crippen LogP contribution in [0.4, 0.5) is 0 Å². The fourth-order valence-corrected chi connectivity index (χ4v) is 3.72.